The Labute approximate surface area is 118 Å². The van der Waals surface area contributed by atoms with Crippen molar-refractivity contribution in [3.63, 3.8) is 0 Å². The molecule has 0 saturated heterocycles. The van der Waals surface area contributed by atoms with Crippen molar-refractivity contribution < 1.29 is 19.1 Å². The first-order valence-electron chi connectivity index (χ1n) is 5.80. The van der Waals surface area contributed by atoms with Crippen LogP contribution in [0, 0.1) is 5.82 Å². The van der Waals surface area contributed by atoms with Gasteiger partial charge in [-0.1, -0.05) is 6.92 Å². The van der Waals surface area contributed by atoms with Gasteiger partial charge >= 0.3 is 5.97 Å². The van der Waals surface area contributed by atoms with E-state index in [1.54, 1.807) is 0 Å². The number of nitrogens with zero attached hydrogens (tertiary/aromatic N) is 1. The van der Waals surface area contributed by atoms with E-state index in [9.17, 15) is 14.0 Å². The maximum atomic E-state index is 12.7. The molecule has 2 aromatic heterocycles. The number of aromatic carboxylic acids is 1. The van der Waals surface area contributed by atoms with Crippen molar-refractivity contribution in [3.8, 4) is 0 Å². The average molecular weight is 294 g/mol. The fourth-order valence-corrected chi connectivity index (χ4v) is 2.53. The first kappa shape index (κ1) is 14.1. The van der Waals surface area contributed by atoms with Gasteiger partial charge in [-0.05, 0) is 24.6 Å². The summed E-state index contributed by atoms with van der Waals surface area (Å²) >= 11 is 1.20. The van der Waals surface area contributed by atoms with Crippen molar-refractivity contribution in [2.45, 2.75) is 13.3 Å². The summed E-state index contributed by atoms with van der Waals surface area (Å²) in [5.74, 6) is -2.22. The lowest BCUT2D eigenvalue weighted by atomic mass is 10.2. The topological polar surface area (TPSA) is 79.3 Å². The predicted octanol–water partition coefficient (Wildman–Crippen LogP) is 2.80. The second kappa shape index (κ2) is 5.79. The highest BCUT2D eigenvalue weighted by atomic mass is 32.1. The minimum atomic E-state index is -1.11. The molecule has 20 heavy (non-hydrogen) atoms. The van der Waals surface area contributed by atoms with E-state index < -0.39 is 17.7 Å². The Kier molecular flexibility index (Phi) is 4.09. The van der Waals surface area contributed by atoms with Crippen molar-refractivity contribution in [1.82, 2.24) is 4.98 Å². The first-order chi connectivity index (χ1) is 9.51. The molecule has 2 aromatic rings. The van der Waals surface area contributed by atoms with Gasteiger partial charge in [0, 0.05) is 4.88 Å². The van der Waals surface area contributed by atoms with Crippen LogP contribution in [0.3, 0.4) is 0 Å². The van der Waals surface area contributed by atoms with Gasteiger partial charge < -0.3 is 10.4 Å². The molecule has 0 unspecified atom stereocenters. The van der Waals surface area contributed by atoms with E-state index in [2.05, 4.69) is 10.3 Å². The van der Waals surface area contributed by atoms with Gasteiger partial charge in [-0.2, -0.15) is 0 Å². The van der Waals surface area contributed by atoms with Crippen LogP contribution in [0.15, 0.2) is 24.4 Å². The number of aryl methyl sites for hydroxylation is 1. The van der Waals surface area contributed by atoms with Crippen LogP contribution in [0.1, 0.15) is 32.6 Å². The zero-order chi connectivity index (χ0) is 14.7. The van der Waals surface area contributed by atoms with Crippen LogP contribution >= 0.6 is 11.3 Å². The van der Waals surface area contributed by atoms with Gasteiger partial charge in [-0.15, -0.1) is 11.3 Å². The molecule has 2 rings (SSSR count). The number of amides is 1. The monoisotopic (exact) mass is 294 g/mol. The van der Waals surface area contributed by atoms with Crippen molar-refractivity contribution in [2.24, 2.45) is 0 Å². The number of carboxylic acid groups (broad SMARTS) is 1. The number of aromatic nitrogens is 1. The smallest absolute Gasteiger partial charge is 0.338 e. The summed E-state index contributed by atoms with van der Waals surface area (Å²) < 4.78 is 12.7. The van der Waals surface area contributed by atoms with E-state index in [1.165, 1.54) is 23.5 Å². The number of anilines is 1. The molecule has 0 aliphatic heterocycles. The van der Waals surface area contributed by atoms with Crippen LogP contribution in [0.25, 0.3) is 0 Å². The Morgan fingerprint density at radius 2 is 2.20 bits per heavy atom. The summed E-state index contributed by atoms with van der Waals surface area (Å²) in [4.78, 5) is 27.5. The Bertz CT molecular complexity index is 652. The van der Waals surface area contributed by atoms with Gasteiger partial charge in [0.15, 0.2) is 0 Å². The van der Waals surface area contributed by atoms with Crippen LogP contribution in [-0.4, -0.2) is 22.0 Å². The van der Waals surface area contributed by atoms with E-state index in [4.69, 9.17) is 5.11 Å². The Morgan fingerprint density at radius 1 is 1.45 bits per heavy atom. The molecule has 0 fully saturated rings. The summed E-state index contributed by atoms with van der Waals surface area (Å²) in [7, 11) is 0. The van der Waals surface area contributed by atoms with E-state index in [-0.39, 0.29) is 16.3 Å². The van der Waals surface area contributed by atoms with Gasteiger partial charge in [0.1, 0.15) is 16.5 Å². The second-order valence-electron chi connectivity index (χ2n) is 3.93. The van der Waals surface area contributed by atoms with Gasteiger partial charge in [0.2, 0.25) is 0 Å². The number of nitrogens with one attached hydrogen (secondary N) is 1. The van der Waals surface area contributed by atoms with Gasteiger partial charge in [0.25, 0.3) is 5.91 Å². The molecule has 2 N–H and O–H groups in total. The third-order valence-corrected chi connectivity index (χ3v) is 3.74. The van der Waals surface area contributed by atoms with Crippen LogP contribution in [-0.2, 0) is 6.42 Å². The maximum Gasteiger partial charge on any atom is 0.338 e. The van der Waals surface area contributed by atoms with Crippen molar-refractivity contribution in [3.05, 3.63) is 46.3 Å². The number of rotatable bonds is 4. The fraction of sp³-hybridized carbons (Fsp3) is 0.154. The normalized spacial score (nSPS) is 10.3. The van der Waals surface area contributed by atoms with E-state index in [0.29, 0.717) is 6.42 Å². The standard InChI is InChI=1S/C13H11FN2O3S/c1-2-8-5-9(13(18)19)12(20-8)16-11(17)10-4-3-7(14)6-15-10/h3-6H,2H2,1H3,(H,16,17)(H,18,19). The minimum Gasteiger partial charge on any atom is -0.478 e. The Balaban J connectivity index is 2.25. The number of hydrogen-bond donors (Lipinski definition) is 2. The number of halogens is 1. The first-order valence-corrected chi connectivity index (χ1v) is 6.61. The third kappa shape index (κ3) is 3.00. The molecule has 104 valence electrons. The highest BCUT2D eigenvalue weighted by molar-refractivity contribution is 7.16. The molecule has 0 aliphatic rings. The SMILES string of the molecule is CCc1cc(C(=O)O)c(NC(=O)c2ccc(F)cn2)s1. The fourth-order valence-electron chi connectivity index (χ4n) is 1.55. The lowest BCUT2D eigenvalue weighted by molar-refractivity contribution is 0.0698. The van der Waals surface area contributed by atoms with E-state index in [0.717, 1.165) is 17.1 Å². The highest BCUT2D eigenvalue weighted by Gasteiger charge is 2.18. The molecule has 0 bridgehead atoms. The Hall–Kier alpha value is -2.28. The largest absolute Gasteiger partial charge is 0.478 e. The van der Waals surface area contributed by atoms with Crippen molar-refractivity contribution >= 4 is 28.2 Å². The number of thiophene rings is 1. The predicted molar refractivity (Wildman–Crippen MR) is 72.8 cm³/mol. The lowest BCUT2D eigenvalue weighted by Gasteiger charge is -2.03. The molecule has 0 saturated carbocycles. The molecular formula is C13H11FN2O3S. The quantitative estimate of drug-likeness (QED) is 0.908. The van der Waals surface area contributed by atoms with Crippen molar-refractivity contribution in [2.75, 3.05) is 5.32 Å². The number of pyridine rings is 1. The van der Waals surface area contributed by atoms with E-state index in [1.807, 2.05) is 6.92 Å². The van der Waals surface area contributed by atoms with Crippen LogP contribution in [0.2, 0.25) is 0 Å². The molecule has 0 atom stereocenters. The summed E-state index contributed by atoms with van der Waals surface area (Å²) in [6.07, 6.45) is 1.61. The van der Waals surface area contributed by atoms with E-state index >= 15 is 0 Å². The second-order valence-corrected chi connectivity index (χ2v) is 5.07. The van der Waals surface area contributed by atoms with Crippen LogP contribution in [0.5, 0.6) is 0 Å². The van der Waals surface area contributed by atoms with Crippen LogP contribution < -0.4 is 5.32 Å². The highest BCUT2D eigenvalue weighted by Crippen LogP contribution is 2.28. The molecule has 0 aliphatic carbocycles. The number of hydrogen-bond acceptors (Lipinski definition) is 4. The third-order valence-electron chi connectivity index (χ3n) is 2.55. The Morgan fingerprint density at radius 3 is 2.75 bits per heavy atom. The summed E-state index contributed by atoms with van der Waals surface area (Å²) in [6.45, 7) is 1.89. The molecule has 0 spiro atoms. The summed E-state index contributed by atoms with van der Waals surface area (Å²) in [5, 5.41) is 11.8. The molecule has 5 nitrogen and oxygen atoms in total. The molecule has 0 radical (unpaired) electrons. The minimum absolute atomic E-state index is 0.0224. The summed E-state index contributed by atoms with van der Waals surface area (Å²) in [5.41, 5.74) is 0.0662. The zero-order valence-electron chi connectivity index (χ0n) is 10.5. The average Bonchev–Trinajstić information content (AvgIpc) is 2.82. The molecule has 1 amide bonds. The molecular weight excluding hydrogens is 283 g/mol. The molecule has 7 heteroatoms. The van der Waals surface area contributed by atoms with Gasteiger partial charge in [-0.25, -0.2) is 14.2 Å². The number of carbonyl (C=O) groups excluding carboxylic acids is 1. The number of carbonyl (C=O) groups is 2. The number of carboxylic acids is 1. The molecule has 0 aromatic carbocycles. The van der Waals surface area contributed by atoms with Crippen molar-refractivity contribution in [1.29, 1.82) is 0 Å². The van der Waals surface area contributed by atoms with Crippen LogP contribution in [0.4, 0.5) is 9.39 Å². The lowest BCUT2D eigenvalue weighted by Crippen LogP contribution is -2.14. The zero-order valence-corrected chi connectivity index (χ0v) is 11.3. The summed E-state index contributed by atoms with van der Waals surface area (Å²) in [6, 6.07) is 3.88. The maximum absolute atomic E-state index is 12.7. The molecule has 2 heterocycles. The van der Waals surface area contributed by atoms with Gasteiger partial charge in [0.05, 0.1) is 11.8 Å². The van der Waals surface area contributed by atoms with Gasteiger partial charge in [-0.3, -0.25) is 4.79 Å².